The van der Waals surface area contributed by atoms with Gasteiger partial charge in [0.2, 0.25) is 0 Å². The summed E-state index contributed by atoms with van der Waals surface area (Å²) in [6.07, 6.45) is 3.76. The normalized spacial score (nSPS) is 24.6. The van der Waals surface area contributed by atoms with E-state index in [9.17, 15) is 4.79 Å². The lowest BCUT2D eigenvalue weighted by molar-refractivity contribution is -0.134. The molecule has 1 saturated heterocycles. The molecule has 0 N–H and O–H groups in total. The average molecular weight is 198 g/mol. The first-order chi connectivity index (χ1) is 6.45. The molecule has 0 saturated carbocycles. The zero-order valence-electron chi connectivity index (χ0n) is 9.29. The Bertz CT molecular complexity index is 253. The standard InChI is InChI=1S/C11H18O3/c1-8(7-10(12)13-4)5-6-9-11(2,3)14-9/h7,9H,5-6H2,1-4H3/b8-7-. The maximum atomic E-state index is 10.9. The fourth-order valence-corrected chi connectivity index (χ4v) is 1.43. The lowest BCUT2D eigenvalue weighted by atomic mass is 10.0. The molecule has 3 nitrogen and oxygen atoms in total. The molecule has 1 rings (SSSR count). The lowest BCUT2D eigenvalue weighted by Gasteiger charge is -1.99. The van der Waals surface area contributed by atoms with Crippen LogP contribution in [0, 0.1) is 0 Å². The van der Waals surface area contributed by atoms with Crippen molar-refractivity contribution in [1.82, 2.24) is 0 Å². The Morgan fingerprint density at radius 3 is 2.57 bits per heavy atom. The molecule has 1 aliphatic rings. The predicted octanol–water partition coefficient (Wildman–Crippen LogP) is 2.06. The molecule has 0 bridgehead atoms. The molecule has 1 fully saturated rings. The maximum absolute atomic E-state index is 10.9. The molecule has 14 heavy (non-hydrogen) atoms. The second kappa shape index (κ2) is 4.13. The number of esters is 1. The van der Waals surface area contributed by atoms with E-state index in [4.69, 9.17) is 4.74 Å². The number of rotatable bonds is 4. The van der Waals surface area contributed by atoms with E-state index in [-0.39, 0.29) is 11.6 Å². The van der Waals surface area contributed by atoms with Crippen molar-refractivity contribution in [3.8, 4) is 0 Å². The second-order valence-electron chi connectivity index (χ2n) is 4.26. The molecule has 3 heteroatoms. The van der Waals surface area contributed by atoms with Crippen LogP contribution in [0.25, 0.3) is 0 Å². The van der Waals surface area contributed by atoms with Crippen LogP contribution in [0.15, 0.2) is 11.6 Å². The van der Waals surface area contributed by atoms with Crippen molar-refractivity contribution in [2.24, 2.45) is 0 Å². The van der Waals surface area contributed by atoms with Crippen molar-refractivity contribution in [3.05, 3.63) is 11.6 Å². The van der Waals surface area contributed by atoms with Gasteiger partial charge in [-0.3, -0.25) is 0 Å². The molecule has 1 heterocycles. The Morgan fingerprint density at radius 1 is 1.57 bits per heavy atom. The Morgan fingerprint density at radius 2 is 2.14 bits per heavy atom. The van der Waals surface area contributed by atoms with Gasteiger partial charge in [-0.15, -0.1) is 0 Å². The number of methoxy groups -OCH3 is 1. The minimum Gasteiger partial charge on any atom is -0.466 e. The predicted molar refractivity (Wildman–Crippen MR) is 54.0 cm³/mol. The Hall–Kier alpha value is -0.830. The molecular weight excluding hydrogens is 180 g/mol. The zero-order chi connectivity index (χ0) is 10.8. The molecule has 1 aliphatic heterocycles. The number of hydrogen-bond acceptors (Lipinski definition) is 3. The van der Waals surface area contributed by atoms with Crippen LogP contribution in [0.4, 0.5) is 0 Å². The van der Waals surface area contributed by atoms with Gasteiger partial charge in [-0.1, -0.05) is 5.57 Å². The van der Waals surface area contributed by atoms with E-state index in [0.29, 0.717) is 6.10 Å². The van der Waals surface area contributed by atoms with Crippen LogP contribution in [0.2, 0.25) is 0 Å². The van der Waals surface area contributed by atoms with Crippen molar-refractivity contribution < 1.29 is 14.3 Å². The van der Waals surface area contributed by atoms with Gasteiger partial charge in [0.1, 0.15) is 0 Å². The van der Waals surface area contributed by atoms with Gasteiger partial charge in [-0.05, 0) is 33.6 Å². The summed E-state index contributed by atoms with van der Waals surface area (Å²) in [6, 6.07) is 0. The topological polar surface area (TPSA) is 38.8 Å². The highest BCUT2D eigenvalue weighted by molar-refractivity contribution is 5.82. The molecule has 0 aromatic rings. The Balaban J connectivity index is 2.25. The summed E-state index contributed by atoms with van der Waals surface area (Å²) >= 11 is 0. The van der Waals surface area contributed by atoms with E-state index >= 15 is 0 Å². The highest BCUT2D eigenvalue weighted by Crippen LogP contribution is 2.38. The molecule has 80 valence electrons. The quantitative estimate of drug-likeness (QED) is 0.394. The van der Waals surface area contributed by atoms with Gasteiger partial charge in [0.15, 0.2) is 0 Å². The van der Waals surface area contributed by atoms with Gasteiger partial charge < -0.3 is 9.47 Å². The first-order valence-corrected chi connectivity index (χ1v) is 4.88. The van der Waals surface area contributed by atoms with Gasteiger partial charge in [0.05, 0.1) is 18.8 Å². The van der Waals surface area contributed by atoms with E-state index in [1.807, 2.05) is 6.92 Å². The largest absolute Gasteiger partial charge is 0.466 e. The number of carbonyl (C=O) groups is 1. The average Bonchev–Trinajstić information content (AvgIpc) is 2.70. The lowest BCUT2D eigenvalue weighted by Crippen LogP contribution is -2.03. The molecule has 1 unspecified atom stereocenters. The highest BCUT2D eigenvalue weighted by atomic mass is 16.6. The van der Waals surface area contributed by atoms with Crippen molar-refractivity contribution >= 4 is 5.97 Å². The van der Waals surface area contributed by atoms with Crippen LogP contribution in [0.5, 0.6) is 0 Å². The summed E-state index contributed by atoms with van der Waals surface area (Å²) in [7, 11) is 1.39. The van der Waals surface area contributed by atoms with Gasteiger partial charge >= 0.3 is 5.97 Å². The minimum absolute atomic E-state index is 0.0472. The smallest absolute Gasteiger partial charge is 0.330 e. The van der Waals surface area contributed by atoms with Crippen molar-refractivity contribution in [1.29, 1.82) is 0 Å². The third-order valence-electron chi connectivity index (χ3n) is 2.53. The van der Waals surface area contributed by atoms with Crippen molar-refractivity contribution in [2.45, 2.75) is 45.3 Å². The van der Waals surface area contributed by atoms with E-state index in [2.05, 4.69) is 18.6 Å². The molecule has 0 spiro atoms. The number of epoxide rings is 1. The van der Waals surface area contributed by atoms with Crippen LogP contribution in [-0.2, 0) is 14.3 Å². The fourth-order valence-electron chi connectivity index (χ4n) is 1.43. The van der Waals surface area contributed by atoms with E-state index in [1.165, 1.54) is 13.2 Å². The van der Waals surface area contributed by atoms with Crippen LogP contribution in [0.1, 0.15) is 33.6 Å². The van der Waals surface area contributed by atoms with Crippen molar-refractivity contribution in [2.75, 3.05) is 7.11 Å². The van der Waals surface area contributed by atoms with Gasteiger partial charge in [-0.25, -0.2) is 4.79 Å². The Kier molecular flexibility index (Phi) is 3.32. The molecular formula is C11H18O3. The molecule has 0 aliphatic carbocycles. The van der Waals surface area contributed by atoms with Crippen LogP contribution in [0.3, 0.4) is 0 Å². The molecule has 0 amide bonds. The number of allylic oxidation sites excluding steroid dienone is 1. The van der Waals surface area contributed by atoms with Gasteiger partial charge in [0, 0.05) is 6.08 Å². The van der Waals surface area contributed by atoms with Gasteiger partial charge in [0.25, 0.3) is 0 Å². The molecule has 0 aromatic heterocycles. The third-order valence-corrected chi connectivity index (χ3v) is 2.53. The summed E-state index contributed by atoms with van der Waals surface area (Å²) in [5.41, 5.74) is 1.09. The van der Waals surface area contributed by atoms with E-state index in [0.717, 1.165) is 18.4 Å². The SMILES string of the molecule is COC(=O)/C=C(/C)CCC1OC1(C)C. The van der Waals surface area contributed by atoms with E-state index in [1.54, 1.807) is 0 Å². The number of hydrogen-bond donors (Lipinski definition) is 0. The summed E-state index contributed by atoms with van der Waals surface area (Å²) in [5.74, 6) is -0.279. The van der Waals surface area contributed by atoms with Crippen LogP contribution >= 0.6 is 0 Å². The monoisotopic (exact) mass is 198 g/mol. The highest BCUT2D eigenvalue weighted by Gasteiger charge is 2.46. The second-order valence-corrected chi connectivity index (χ2v) is 4.26. The molecule has 1 atom stereocenters. The number of carbonyl (C=O) groups excluding carboxylic acids is 1. The zero-order valence-corrected chi connectivity index (χ0v) is 9.29. The summed E-state index contributed by atoms with van der Waals surface area (Å²) in [6.45, 7) is 6.10. The molecule has 0 radical (unpaired) electrons. The third kappa shape index (κ3) is 3.14. The summed E-state index contributed by atoms with van der Waals surface area (Å²) < 4.78 is 9.98. The number of ether oxygens (including phenoxy) is 2. The summed E-state index contributed by atoms with van der Waals surface area (Å²) in [5, 5.41) is 0. The first kappa shape index (κ1) is 11.2. The van der Waals surface area contributed by atoms with Crippen molar-refractivity contribution in [3.63, 3.8) is 0 Å². The Labute approximate surface area is 85.1 Å². The van der Waals surface area contributed by atoms with Crippen LogP contribution < -0.4 is 0 Å². The molecule has 0 aromatic carbocycles. The minimum atomic E-state index is -0.279. The van der Waals surface area contributed by atoms with Crippen LogP contribution in [-0.4, -0.2) is 24.8 Å². The van der Waals surface area contributed by atoms with Gasteiger partial charge in [-0.2, -0.15) is 0 Å². The fraction of sp³-hybridized carbons (Fsp3) is 0.727. The first-order valence-electron chi connectivity index (χ1n) is 4.88. The maximum Gasteiger partial charge on any atom is 0.330 e. The summed E-state index contributed by atoms with van der Waals surface area (Å²) in [4.78, 5) is 10.9. The van der Waals surface area contributed by atoms with E-state index < -0.39 is 0 Å².